The van der Waals surface area contributed by atoms with Crippen LogP contribution in [0, 0.1) is 27.7 Å². The lowest BCUT2D eigenvalue weighted by atomic mass is 9.81. The monoisotopic (exact) mass is 895 g/mol. The summed E-state index contributed by atoms with van der Waals surface area (Å²) in [6.45, 7) is 29.1. The highest BCUT2D eigenvalue weighted by Crippen LogP contribution is 2.58. The van der Waals surface area contributed by atoms with Gasteiger partial charge in [-0.2, -0.15) is 0 Å². The predicted molar refractivity (Wildman–Crippen MR) is 294 cm³/mol. The molecule has 1 aliphatic heterocycles. The number of anilines is 3. The van der Waals surface area contributed by atoms with Gasteiger partial charge in [-0.3, -0.25) is 0 Å². The Morgan fingerprint density at radius 3 is 1.45 bits per heavy atom. The number of allylic oxidation sites excluding steroid dienone is 5. The number of fused-ring (bicyclic) bond motifs is 8. The SMILES string of the molecule is C=C/C(C)=C\C(C)=C(/C)c1cc(C)cc(-c2c(C)cc(C)cc2C)c1N1c2ccc(-c3ccc4c(c3)C(C)(C)c3ccccc3-4)cc2Oc2cc(-c3ccc4c(c3)C(C)(C)c3ccccc3-4)ccc21. The lowest BCUT2D eigenvalue weighted by molar-refractivity contribution is 0.477. The van der Waals surface area contributed by atoms with Gasteiger partial charge in [0, 0.05) is 22.0 Å². The second-order valence-corrected chi connectivity index (χ2v) is 21.0. The zero-order valence-electron chi connectivity index (χ0n) is 42.1. The Bertz CT molecular complexity index is 3390. The Labute approximate surface area is 410 Å². The van der Waals surface area contributed by atoms with Crippen molar-refractivity contribution in [2.24, 2.45) is 0 Å². The number of aryl methyl sites for hydroxylation is 4. The summed E-state index contributed by atoms with van der Waals surface area (Å²) in [7, 11) is 0. The maximum absolute atomic E-state index is 7.30. The fraction of sp³-hybridized carbons (Fsp3) is 0.194. The van der Waals surface area contributed by atoms with Gasteiger partial charge in [0.15, 0.2) is 11.5 Å². The molecular weight excluding hydrogens is 835 g/mol. The summed E-state index contributed by atoms with van der Waals surface area (Å²) in [6, 6.07) is 54.9. The molecule has 0 N–H and O–H groups in total. The first-order chi connectivity index (χ1) is 33.0. The molecule has 0 saturated heterocycles. The van der Waals surface area contributed by atoms with Crippen molar-refractivity contribution >= 4 is 22.6 Å². The number of rotatable bonds is 7. The predicted octanol–water partition coefficient (Wildman–Crippen LogP) is 19.0. The minimum atomic E-state index is -0.109. The van der Waals surface area contributed by atoms with Crippen molar-refractivity contribution in [3.8, 4) is 67.1 Å². The van der Waals surface area contributed by atoms with Crippen LogP contribution in [0.3, 0.4) is 0 Å². The Morgan fingerprint density at radius 2 is 0.942 bits per heavy atom. The summed E-state index contributed by atoms with van der Waals surface area (Å²) in [4.78, 5) is 2.50. The minimum Gasteiger partial charge on any atom is -0.453 e. The average Bonchev–Trinajstić information content (AvgIpc) is 3.71. The van der Waals surface area contributed by atoms with E-state index in [0.29, 0.717) is 0 Å². The fourth-order valence-electron chi connectivity index (χ4n) is 12.0. The van der Waals surface area contributed by atoms with Gasteiger partial charge in [-0.1, -0.05) is 155 Å². The number of ether oxygens (including phenoxy) is 1. The van der Waals surface area contributed by atoms with Crippen LogP contribution in [0.25, 0.3) is 61.2 Å². The molecular formula is C67H61NO. The molecule has 8 aromatic carbocycles. The van der Waals surface area contributed by atoms with Gasteiger partial charge in [0.05, 0.1) is 17.1 Å². The first kappa shape index (κ1) is 44.1. The minimum absolute atomic E-state index is 0.109. The Hall–Kier alpha value is -7.42. The fourth-order valence-corrected chi connectivity index (χ4v) is 12.0. The van der Waals surface area contributed by atoms with Gasteiger partial charge in [-0.25, -0.2) is 0 Å². The Morgan fingerprint density at radius 1 is 0.493 bits per heavy atom. The second kappa shape index (κ2) is 16.1. The van der Waals surface area contributed by atoms with Crippen LogP contribution in [0.15, 0.2) is 175 Å². The van der Waals surface area contributed by atoms with E-state index < -0.39 is 0 Å². The molecule has 0 aromatic heterocycles. The van der Waals surface area contributed by atoms with E-state index in [9.17, 15) is 0 Å². The number of hydrogen-bond donors (Lipinski definition) is 0. The molecule has 0 unspecified atom stereocenters. The summed E-state index contributed by atoms with van der Waals surface area (Å²) in [5.74, 6) is 1.64. The van der Waals surface area contributed by atoms with Gasteiger partial charge >= 0.3 is 0 Å². The first-order valence-corrected chi connectivity index (χ1v) is 24.5. The van der Waals surface area contributed by atoms with Crippen LogP contribution >= 0.6 is 0 Å². The molecule has 0 saturated carbocycles. The van der Waals surface area contributed by atoms with Gasteiger partial charge in [0.1, 0.15) is 0 Å². The van der Waals surface area contributed by atoms with Crippen LogP contribution in [0.2, 0.25) is 0 Å². The van der Waals surface area contributed by atoms with E-state index in [2.05, 4.69) is 239 Å². The summed E-state index contributed by atoms with van der Waals surface area (Å²) < 4.78 is 7.30. The van der Waals surface area contributed by atoms with E-state index in [1.54, 1.807) is 0 Å². The molecule has 0 fully saturated rings. The quantitative estimate of drug-likeness (QED) is 0.148. The third-order valence-corrected chi connectivity index (χ3v) is 15.6. The van der Waals surface area contributed by atoms with Crippen LogP contribution in [0.5, 0.6) is 11.5 Å². The molecule has 11 rings (SSSR count). The molecule has 340 valence electrons. The molecule has 3 aliphatic rings. The zero-order valence-corrected chi connectivity index (χ0v) is 42.1. The maximum atomic E-state index is 7.30. The standard InChI is InChI=1S/C67H61NO/c1-13-39(2)30-42(5)45(8)54-33-41(4)34-55(64-43(6)31-40(3)32-44(64)7)65(54)68-60-28-24-48(46-22-26-52-50-18-14-16-20-56(50)66(9,10)58(52)35-46)37-62(60)69-63-38-49(25-29-61(63)68)47-23-27-53-51-19-15-17-21-57(51)67(11,12)59(53)36-47/h13-38H,1H2,2-12H3/b39-30-,45-42+. The number of benzene rings is 8. The first-order valence-electron chi connectivity index (χ1n) is 24.5. The van der Waals surface area contributed by atoms with E-state index in [4.69, 9.17) is 4.74 Å². The van der Waals surface area contributed by atoms with Crippen LogP contribution in [-0.2, 0) is 10.8 Å². The van der Waals surface area contributed by atoms with Crippen molar-refractivity contribution in [2.45, 2.75) is 87.0 Å². The molecule has 69 heavy (non-hydrogen) atoms. The van der Waals surface area contributed by atoms with Gasteiger partial charge in [0.25, 0.3) is 0 Å². The zero-order chi connectivity index (χ0) is 48.3. The number of hydrogen-bond acceptors (Lipinski definition) is 2. The lowest BCUT2D eigenvalue weighted by Crippen LogP contribution is -2.19. The topological polar surface area (TPSA) is 12.5 Å². The van der Waals surface area contributed by atoms with Gasteiger partial charge < -0.3 is 9.64 Å². The largest absolute Gasteiger partial charge is 0.453 e. The summed E-state index contributed by atoms with van der Waals surface area (Å²) in [6.07, 6.45) is 4.19. The third-order valence-electron chi connectivity index (χ3n) is 15.6. The van der Waals surface area contributed by atoms with Crippen LogP contribution in [0.1, 0.15) is 98.5 Å². The molecule has 0 atom stereocenters. The Kier molecular flexibility index (Phi) is 10.3. The van der Waals surface area contributed by atoms with Crippen LogP contribution in [-0.4, -0.2) is 0 Å². The second-order valence-electron chi connectivity index (χ2n) is 21.0. The summed E-state index contributed by atoms with van der Waals surface area (Å²) in [5, 5.41) is 0. The van der Waals surface area contributed by atoms with Crippen molar-refractivity contribution in [2.75, 3.05) is 4.90 Å². The van der Waals surface area contributed by atoms with E-state index in [0.717, 1.165) is 45.3 Å². The van der Waals surface area contributed by atoms with Gasteiger partial charge in [-0.05, 0) is 197 Å². The summed E-state index contributed by atoms with van der Waals surface area (Å²) >= 11 is 0. The highest BCUT2D eigenvalue weighted by molar-refractivity contribution is 6.01. The van der Waals surface area contributed by atoms with Crippen molar-refractivity contribution in [3.63, 3.8) is 0 Å². The molecule has 2 nitrogen and oxygen atoms in total. The molecule has 2 aliphatic carbocycles. The normalized spacial score (nSPS) is 15.0. The van der Waals surface area contributed by atoms with Crippen LogP contribution < -0.4 is 9.64 Å². The molecule has 0 spiro atoms. The van der Waals surface area contributed by atoms with Gasteiger partial charge in [-0.15, -0.1) is 0 Å². The molecule has 2 heteroatoms. The van der Waals surface area contributed by atoms with Crippen LogP contribution in [0.4, 0.5) is 17.1 Å². The summed E-state index contributed by atoms with van der Waals surface area (Å²) in [5.41, 5.74) is 30.5. The van der Waals surface area contributed by atoms with Crippen molar-refractivity contribution in [3.05, 3.63) is 226 Å². The van der Waals surface area contributed by atoms with Crippen molar-refractivity contribution < 1.29 is 4.74 Å². The van der Waals surface area contributed by atoms with E-state index in [1.165, 1.54) is 106 Å². The Balaban J connectivity index is 1.15. The highest BCUT2D eigenvalue weighted by Gasteiger charge is 2.38. The number of nitrogens with zero attached hydrogens (tertiary/aromatic N) is 1. The molecule has 1 heterocycles. The smallest absolute Gasteiger partial charge is 0.152 e. The van der Waals surface area contributed by atoms with Gasteiger partial charge in [0.2, 0.25) is 0 Å². The van der Waals surface area contributed by atoms with Crippen molar-refractivity contribution in [1.29, 1.82) is 0 Å². The molecule has 0 radical (unpaired) electrons. The van der Waals surface area contributed by atoms with E-state index >= 15 is 0 Å². The molecule has 0 bridgehead atoms. The third kappa shape index (κ3) is 6.98. The highest BCUT2D eigenvalue weighted by atomic mass is 16.5. The average molecular weight is 896 g/mol. The molecule has 8 aromatic rings. The van der Waals surface area contributed by atoms with E-state index in [-0.39, 0.29) is 10.8 Å². The van der Waals surface area contributed by atoms with E-state index in [1.807, 2.05) is 6.08 Å². The maximum Gasteiger partial charge on any atom is 0.152 e. The molecule has 0 amide bonds. The lowest BCUT2D eigenvalue weighted by Gasteiger charge is -2.37. The van der Waals surface area contributed by atoms with Crippen molar-refractivity contribution in [1.82, 2.24) is 0 Å².